The van der Waals surface area contributed by atoms with Crippen LogP contribution in [0.15, 0.2) is 48.5 Å². The van der Waals surface area contributed by atoms with Crippen molar-refractivity contribution in [2.45, 2.75) is 25.7 Å². The molecule has 37 heavy (non-hydrogen) atoms. The van der Waals surface area contributed by atoms with E-state index in [2.05, 4.69) is 15.5 Å². The van der Waals surface area contributed by atoms with Gasteiger partial charge in [0, 0.05) is 35.8 Å². The van der Waals surface area contributed by atoms with Crippen LogP contribution in [0.3, 0.4) is 0 Å². The van der Waals surface area contributed by atoms with Gasteiger partial charge in [-0.2, -0.15) is 5.10 Å². The number of H-pyrrole nitrogens is 1. The number of methoxy groups -OCH3 is 1. The number of ether oxygens (including phenoxy) is 2. The second-order valence-corrected chi connectivity index (χ2v) is 8.31. The molecule has 0 saturated heterocycles. The van der Waals surface area contributed by atoms with E-state index in [1.807, 2.05) is 24.3 Å². The van der Waals surface area contributed by atoms with Gasteiger partial charge in [0.1, 0.15) is 11.4 Å². The molecule has 192 valence electrons. The lowest BCUT2D eigenvalue weighted by atomic mass is 9.85. The molecule has 2 aromatic carbocycles. The molecule has 4 rings (SSSR count). The molecule has 1 atom stereocenters. The number of fused-ring (bicyclic) bond motifs is 1. The quantitative estimate of drug-likeness (QED) is 0.374. The standard InChI is InChI=1S/C26H26N4O7/c1-3-37-26(35)24-22-19(15-4-10-18(36-2)11-5-15)14-30(25(34)23(22)28-29-24)17-8-6-16(7-9-17)27-20(31)12-13-21(32)33/h4-11,19H,3,12-14H2,1-2H3,(H,27,31)(H,28,29)(H,32,33). The summed E-state index contributed by atoms with van der Waals surface area (Å²) in [7, 11) is 1.57. The molecule has 1 unspecified atom stereocenters. The smallest absolute Gasteiger partial charge is 0.359 e. The van der Waals surface area contributed by atoms with Crippen molar-refractivity contribution in [3.8, 4) is 5.75 Å². The van der Waals surface area contributed by atoms with Crippen molar-refractivity contribution in [3.63, 3.8) is 0 Å². The van der Waals surface area contributed by atoms with Gasteiger partial charge in [0.25, 0.3) is 5.91 Å². The third-order valence-electron chi connectivity index (χ3n) is 5.99. The highest BCUT2D eigenvalue weighted by molar-refractivity contribution is 6.09. The summed E-state index contributed by atoms with van der Waals surface area (Å²) in [6.07, 6.45) is -0.407. The highest BCUT2D eigenvalue weighted by Gasteiger charge is 2.39. The molecule has 2 amide bonds. The van der Waals surface area contributed by atoms with E-state index >= 15 is 0 Å². The number of carbonyl (C=O) groups is 4. The number of hydrogen-bond donors (Lipinski definition) is 3. The Hall–Kier alpha value is -4.67. The summed E-state index contributed by atoms with van der Waals surface area (Å²) in [6, 6.07) is 14.0. The number of rotatable bonds is 9. The first-order valence-corrected chi connectivity index (χ1v) is 11.6. The minimum Gasteiger partial charge on any atom is -0.497 e. The van der Waals surface area contributed by atoms with Crippen LogP contribution in [-0.2, 0) is 14.3 Å². The fraction of sp³-hybridized carbons (Fsp3) is 0.269. The number of nitrogens with one attached hydrogen (secondary N) is 2. The first kappa shape index (κ1) is 25.4. The van der Waals surface area contributed by atoms with Crippen LogP contribution in [0.1, 0.15) is 57.8 Å². The summed E-state index contributed by atoms with van der Waals surface area (Å²) in [5.41, 5.74) is 2.65. The molecule has 0 saturated carbocycles. The fourth-order valence-corrected chi connectivity index (χ4v) is 4.20. The molecule has 0 spiro atoms. The normalized spacial score (nSPS) is 14.6. The number of amides is 2. The average Bonchev–Trinajstić information content (AvgIpc) is 3.35. The molecule has 3 N–H and O–H groups in total. The molecule has 0 radical (unpaired) electrons. The van der Waals surface area contributed by atoms with Gasteiger partial charge >= 0.3 is 11.9 Å². The summed E-state index contributed by atoms with van der Waals surface area (Å²) in [5, 5.41) is 18.2. The second kappa shape index (κ2) is 10.9. The summed E-state index contributed by atoms with van der Waals surface area (Å²) >= 11 is 0. The second-order valence-electron chi connectivity index (χ2n) is 8.31. The number of carboxylic acid groups (broad SMARTS) is 1. The van der Waals surface area contributed by atoms with Crippen molar-refractivity contribution >= 4 is 35.1 Å². The van der Waals surface area contributed by atoms with Crippen LogP contribution in [-0.4, -0.2) is 59.3 Å². The van der Waals surface area contributed by atoms with Gasteiger partial charge in [-0.3, -0.25) is 19.5 Å². The van der Waals surface area contributed by atoms with Crippen molar-refractivity contribution in [1.29, 1.82) is 0 Å². The van der Waals surface area contributed by atoms with Crippen LogP contribution in [0.25, 0.3) is 0 Å². The van der Waals surface area contributed by atoms with Gasteiger partial charge in [0.15, 0.2) is 5.69 Å². The van der Waals surface area contributed by atoms with E-state index < -0.39 is 17.8 Å². The third-order valence-corrected chi connectivity index (χ3v) is 5.99. The van der Waals surface area contributed by atoms with Gasteiger partial charge in [0.05, 0.1) is 20.1 Å². The van der Waals surface area contributed by atoms with Crippen molar-refractivity contribution in [3.05, 3.63) is 71.0 Å². The topological polar surface area (TPSA) is 151 Å². The Morgan fingerprint density at radius 1 is 1.11 bits per heavy atom. The lowest BCUT2D eigenvalue weighted by Gasteiger charge is -2.33. The van der Waals surface area contributed by atoms with E-state index in [0.29, 0.717) is 22.7 Å². The van der Waals surface area contributed by atoms with Gasteiger partial charge < -0.3 is 24.8 Å². The molecule has 0 fully saturated rings. The predicted octanol–water partition coefficient (Wildman–Crippen LogP) is 3.19. The summed E-state index contributed by atoms with van der Waals surface area (Å²) in [6.45, 7) is 2.10. The maximum absolute atomic E-state index is 13.5. The zero-order chi connectivity index (χ0) is 26.5. The largest absolute Gasteiger partial charge is 0.497 e. The van der Waals surface area contributed by atoms with E-state index in [1.165, 1.54) is 0 Å². The highest BCUT2D eigenvalue weighted by atomic mass is 16.5. The zero-order valence-corrected chi connectivity index (χ0v) is 20.3. The van der Waals surface area contributed by atoms with E-state index in [4.69, 9.17) is 14.6 Å². The number of aromatic nitrogens is 2. The number of esters is 1. The molecule has 1 aliphatic rings. The third kappa shape index (κ3) is 5.45. The predicted molar refractivity (Wildman–Crippen MR) is 133 cm³/mol. The number of hydrogen-bond acceptors (Lipinski definition) is 7. The van der Waals surface area contributed by atoms with Gasteiger partial charge in [0.2, 0.25) is 5.91 Å². The maximum Gasteiger partial charge on any atom is 0.359 e. The Morgan fingerprint density at radius 2 is 1.81 bits per heavy atom. The maximum atomic E-state index is 13.5. The number of nitrogens with zero attached hydrogens (tertiary/aromatic N) is 2. The van der Waals surface area contributed by atoms with Crippen molar-refractivity contribution in [2.24, 2.45) is 0 Å². The van der Waals surface area contributed by atoms with Crippen molar-refractivity contribution in [2.75, 3.05) is 30.5 Å². The first-order valence-electron chi connectivity index (χ1n) is 11.6. The number of benzene rings is 2. The SMILES string of the molecule is CCOC(=O)c1n[nH]c2c1C(c1ccc(OC)cc1)CN(c1ccc(NC(=O)CCC(=O)O)cc1)C2=O. The van der Waals surface area contributed by atoms with Gasteiger partial charge in [-0.25, -0.2) is 4.79 Å². The fourth-order valence-electron chi connectivity index (χ4n) is 4.20. The number of carboxylic acids is 1. The van der Waals surface area contributed by atoms with Crippen LogP contribution in [0.4, 0.5) is 11.4 Å². The molecule has 1 aromatic heterocycles. The van der Waals surface area contributed by atoms with Crippen molar-refractivity contribution in [1.82, 2.24) is 10.2 Å². The molecular weight excluding hydrogens is 480 g/mol. The lowest BCUT2D eigenvalue weighted by Crippen LogP contribution is -2.40. The summed E-state index contributed by atoms with van der Waals surface area (Å²) < 4.78 is 10.4. The molecule has 11 nitrogen and oxygen atoms in total. The van der Waals surface area contributed by atoms with E-state index in [9.17, 15) is 19.2 Å². The summed E-state index contributed by atoms with van der Waals surface area (Å²) in [4.78, 5) is 50.2. The Morgan fingerprint density at radius 3 is 2.43 bits per heavy atom. The van der Waals surface area contributed by atoms with E-state index in [-0.39, 0.29) is 49.2 Å². The Bertz CT molecular complexity index is 1320. The van der Waals surface area contributed by atoms with Gasteiger partial charge in [-0.1, -0.05) is 12.1 Å². The molecular formula is C26H26N4O7. The lowest BCUT2D eigenvalue weighted by molar-refractivity contribution is -0.138. The molecule has 3 aromatic rings. The average molecular weight is 507 g/mol. The minimum absolute atomic E-state index is 0.0742. The van der Waals surface area contributed by atoms with Crippen LogP contribution >= 0.6 is 0 Å². The molecule has 11 heteroatoms. The number of aliphatic carboxylic acids is 1. The first-order chi connectivity index (χ1) is 17.8. The number of carbonyl (C=O) groups excluding carboxylic acids is 3. The van der Waals surface area contributed by atoms with E-state index in [1.54, 1.807) is 43.2 Å². The van der Waals surface area contributed by atoms with Crippen LogP contribution in [0, 0.1) is 0 Å². The summed E-state index contributed by atoms with van der Waals surface area (Å²) in [5.74, 6) is -2.15. The van der Waals surface area contributed by atoms with Crippen LogP contribution < -0.4 is 15.0 Å². The molecule has 2 heterocycles. The number of anilines is 2. The van der Waals surface area contributed by atoms with Gasteiger partial charge in [-0.15, -0.1) is 0 Å². The zero-order valence-electron chi connectivity index (χ0n) is 20.3. The Kier molecular flexibility index (Phi) is 7.52. The van der Waals surface area contributed by atoms with Crippen LogP contribution in [0.5, 0.6) is 5.75 Å². The highest BCUT2D eigenvalue weighted by Crippen LogP contribution is 2.37. The monoisotopic (exact) mass is 506 g/mol. The molecule has 0 bridgehead atoms. The molecule has 0 aliphatic carbocycles. The number of aromatic amines is 1. The van der Waals surface area contributed by atoms with Gasteiger partial charge in [-0.05, 0) is 48.9 Å². The minimum atomic E-state index is -1.05. The van der Waals surface area contributed by atoms with Crippen molar-refractivity contribution < 1.29 is 33.8 Å². The molecule has 1 aliphatic heterocycles. The van der Waals surface area contributed by atoms with E-state index in [0.717, 1.165) is 5.56 Å². The van der Waals surface area contributed by atoms with Crippen LogP contribution in [0.2, 0.25) is 0 Å². The Labute approximate surface area is 212 Å². The Balaban J connectivity index is 1.65.